The standard InChI is InChI=1S/C7H5Cl2N3/c1-3-2-10-6-4(3)5(8)11-7(9)12-6/h2H,1H3,(H,10,11,12)/p+1. The molecule has 0 aliphatic carbocycles. The van der Waals surface area contributed by atoms with Crippen LogP contribution in [-0.4, -0.2) is 9.97 Å². The summed E-state index contributed by atoms with van der Waals surface area (Å²) in [5, 5.41) is 1.60. The minimum absolute atomic E-state index is 0.286. The lowest BCUT2D eigenvalue weighted by Crippen LogP contribution is -2.07. The summed E-state index contributed by atoms with van der Waals surface area (Å²) < 4.78 is 0. The molecule has 3 nitrogen and oxygen atoms in total. The Kier molecular flexibility index (Phi) is 1.70. The maximum Gasteiger partial charge on any atom is 0.333 e. The Hall–Kier alpha value is -0.800. The highest BCUT2D eigenvalue weighted by Gasteiger charge is 2.13. The van der Waals surface area contributed by atoms with Crippen LogP contribution in [0.5, 0.6) is 0 Å². The number of aromatic amines is 2. The molecule has 62 valence electrons. The van der Waals surface area contributed by atoms with E-state index in [-0.39, 0.29) is 5.28 Å². The zero-order chi connectivity index (χ0) is 8.72. The number of aromatic nitrogens is 3. The molecule has 0 amide bonds. The molecule has 2 aromatic heterocycles. The molecule has 0 saturated carbocycles. The highest BCUT2D eigenvalue weighted by atomic mass is 35.5. The summed E-state index contributed by atoms with van der Waals surface area (Å²) in [5.74, 6) is 0. The van der Waals surface area contributed by atoms with Gasteiger partial charge >= 0.3 is 5.28 Å². The fraction of sp³-hybridized carbons (Fsp3) is 0.143. The molecule has 0 aliphatic heterocycles. The van der Waals surface area contributed by atoms with Gasteiger partial charge in [0.2, 0.25) is 10.8 Å². The second kappa shape index (κ2) is 2.61. The second-order valence-corrected chi connectivity index (χ2v) is 3.26. The zero-order valence-electron chi connectivity index (χ0n) is 6.28. The molecular weight excluding hydrogens is 197 g/mol. The first-order valence-electron chi connectivity index (χ1n) is 3.40. The molecule has 0 unspecified atom stereocenters. The Balaban J connectivity index is 2.93. The van der Waals surface area contributed by atoms with Crippen LogP contribution in [0.4, 0.5) is 0 Å². The van der Waals surface area contributed by atoms with Gasteiger partial charge in [-0.15, -0.1) is 0 Å². The van der Waals surface area contributed by atoms with E-state index >= 15 is 0 Å². The van der Waals surface area contributed by atoms with Gasteiger partial charge < -0.3 is 0 Å². The van der Waals surface area contributed by atoms with Gasteiger partial charge in [0.05, 0.1) is 6.20 Å². The highest BCUT2D eigenvalue weighted by Crippen LogP contribution is 2.21. The van der Waals surface area contributed by atoms with Crippen molar-refractivity contribution < 1.29 is 4.98 Å². The van der Waals surface area contributed by atoms with Gasteiger partial charge in [0.1, 0.15) is 5.39 Å². The van der Waals surface area contributed by atoms with Crippen LogP contribution in [0.15, 0.2) is 6.20 Å². The maximum absolute atomic E-state index is 5.87. The summed E-state index contributed by atoms with van der Waals surface area (Å²) in [6, 6.07) is 0. The first-order chi connectivity index (χ1) is 5.68. The Labute approximate surface area is 78.7 Å². The van der Waals surface area contributed by atoms with Crippen molar-refractivity contribution in [2.45, 2.75) is 6.92 Å². The van der Waals surface area contributed by atoms with Crippen LogP contribution in [0.3, 0.4) is 0 Å². The van der Waals surface area contributed by atoms with Crippen molar-refractivity contribution in [3.05, 3.63) is 22.2 Å². The van der Waals surface area contributed by atoms with Gasteiger partial charge in [0.25, 0.3) is 0 Å². The van der Waals surface area contributed by atoms with E-state index in [0.29, 0.717) is 5.15 Å². The SMILES string of the molecule is Cc1c[nH]c2[nH+]c(Cl)nc(Cl)c12. The van der Waals surface area contributed by atoms with Crippen molar-refractivity contribution in [3.8, 4) is 0 Å². The molecule has 2 aromatic rings. The Bertz CT molecular complexity index is 435. The maximum atomic E-state index is 5.87. The third-order valence-corrected chi connectivity index (χ3v) is 2.16. The molecule has 0 saturated heterocycles. The first kappa shape index (κ1) is 7.83. The zero-order valence-corrected chi connectivity index (χ0v) is 7.79. The van der Waals surface area contributed by atoms with E-state index in [0.717, 1.165) is 16.6 Å². The summed E-state index contributed by atoms with van der Waals surface area (Å²) in [4.78, 5) is 9.76. The predicted octanol–water partition coefficient (Wildman–Crippen LogP) is 1.99. The minimum Gasteiger partial charge on any atom is -0.279 e. The van der Waals surface area contributed by atoms with Crippen molar-refractivity contribution in [1.29, 1.82) is 0 Å². The van der Waals surface area contributed by atoms with Crippen LogP contribution in [0.25, 0.3) is 11.0 Å². The van der Waals surface area contributed by atoms with Gasteiger partial charge in [-0.2, -0.15) is 0 Å². The smallest absolute Gasteiger partial charge is 0.279 e. The molecule has 0 bridgehead atoms. The molecule has 2 rings (SSSR count). The summed E-state index contributed by atoms with van der Waals surface area (Å²) in [6.45, 7) is 1.95. The largest absolute Gasteiger partial charge is 0.333 e. The number of H-pyrrole nitrogens is 2. The Morgan fingerprint density at radius 1 is 1.50 bits per heavy atom. The van der Waals surface area contributed by atoms with Crippen molar-refractivity contribution in [1.82, 2.24) is 9.97 Å². The average molecular weight is 203 g/mol. The topological polar surface area (TPSA) is 42.8 Å². The summed E-state index contributed by atoms with van der Waals surface area (Å²) in [7, 11) is 0. The van der Waals surface area contributed by atoms with E-state index in [2.05, 4.69) is 15.0 Å². The third-order valence-electron chi connectivity index (χ3n) is 1.71. The van der Waals surface area contributed by atoms with E-state index in [4.69, 9.17) is 23.2 Å². The number of hydrogen-bond acceptors (Lipinski definition) is 1. The van der Waals surface area contributed by atoms with Gasteiger partial charge in [0.15, 0.2) is 0 Å². The van der Waals surface area contributed by atoms with Gasteiger partial charge in [-0.25, -0.2) is 4.98 Å². The average Bonchev–Trinajstić information content (AvgIpc) is 2.31. The van der Waals surface area contributed by atoms with Crippen LogP contribution in [0.2, 0.25) is 10.4 Å². The molecule has 0 radical (unpaired) electrons. The van der Waals surface area contributed by atoms with Crippen molar-refractivity contribution in [2.75, 3.05) is 0 Å². The Morgan fingerprint density at radius 3 is 3.00 bits per heavy atom. The van der Waals surface area contributed by atoms with E-state index in [9.17, 15) is 0 Å². The van der Waals surface area contributed by atoms with Gasteiger partial charge in [-0.3, -0.25) is 4.98 Å². The second-order valence-electron chi connectivity index (χ2n) is 2.54. The van der Waals surface area contributed by atoms with E-state index < -0.39 is 0 Å². The predicted molar refractivity (Wildman–Crippen MR) is 47.4 cm³/mol. The van der Waals surface area contributed by atoms with Crippen LogP contribution < -0.4 is 4.98 Å². The quantitative estimate of drug-likeness (QED) is 0.516. The molecule has 2 heterocycles. The normalized spacial score (nSPS) is 10.9. The lowest BCUT2D eigenvalue weighted by Gasteiger charge is -1.88. The fourth-order valence-electron chi connectivity index (χ4n) is 1.16. The van der Waals surface area contributed by atoms with Gasteiger partial charge in [-0.1, -0.05) is 4.98 Å². The fourth-order valence-corrected chi connectivity index (χ4v) is 1.71. The van der Waals surface area contributed by atoms with E-state index in [1.807, 2.05) is 13.1 Å². The van der Waals surface area contributed by atoms with Crippen LogP contribution in [0.1, 0.15) is 5.56 Å². The summed E-state index contributed by atoms with van der Waals surface area (Å²) in [6.07, 6.45) is 1.85. The number of aryl methyl sites for hydroxylation is 1. The molecule has 0 aromatic carbocycles. The molecule has 2 N–H and O–H groups in total. The molecule has 0 atom stereocenters. The number of halogens is 2. The van der Waals surface area contributed by atoms with E-state index in [1.165, 1.54) is 0 Å². The number of nitrogens with one attached hydrogen (secondary N) is 2. The van der Waals surface area contributed by atoms with Gasteiger partial charge in [-0.05, 0) is 35.7 Å². The van der Waals surface area contributed by atoms with Crippen LogP contribution in [-0.2, 0) is 0 Å². The van der Waals surface area contributed by atoms with Crippen LogP contribution >= 0.6 is 23.2 Å². The molecular formula is C7H6Cl2N3+. The third kappa shape index (κ3) is 1.06. The van der Waals surface area contributed by atoms with E-state index in [1.54, 1.807) is 0 Å². The van der Waals surface area contributed by atoms with Crippen LogP contribution in [0, 0.1) is 6.92 Å². The number of fused-ring (bicyclic) bond motifs is 1. The minimum atomic E-state index is 0.286. The molecule has 5 heteroatoms. The molecule has 12 heavy (non-hydrogen) atoms. The number of hydrogen-bond donors (Lipinski definition) is 1. The van der Waals surface area contributed by atoms with Gasteiger partial charge in [0, 0.05) is 0 Å². The van der Waals surface area contributed by atoms with Crippen molar-refractivity contribution >= 4 is 34.2 Å². The highest BCUT2D eigenvalue weighted by molar-refractivity contribution is 6.35. The summed E-state index contributed by atoms with van der Waals surface area (Å²) >= 11 is 11.5. The lowest BCUT2D eigenvalue weighted by atomic mass is 10.3. The molecule has 0 fully saturated rings. The summed E-state index contributed by atoms with van der Waals surface area (Å²) in [5.41, 5.74) is 1.85. The van der Waals surface area contributed by atoms with Crippen molar-refractivity contribution in [2.24, 2.45) is 0 Å². The number of rotatable bonds is 0. The Morgan fingerprint density at radius 2 is 2.25 bits per heavy atom. The molecule has 0 aliphatic rings. The molecule has 0 spiro atoms. The number of nitrogens with zero attached hydrogens (tertiary/aromatic N) is 1. The first-order valence-corrected chi connectivity index (χ1v) is 4.16. The monoisotopic (exact) mass is 202 g/mol. The lowest BCUT2D eigenvalue weighted by molar-refractivity contribution is -0.349. The van der Waals surface area contributed by atoms with Crippen molar-refractivity contribution in [3.63, 3.8) is 0 Å².